The van der Waals surface area contributed by atoms with E-state index in [4.69, 9.17) is 9.47 Å². The average molecular weight is 627 g/mol. The van der Waals surface area contributed by atoms with Gasteiger partial charge in [0.15, 0.2) is 11.4 Å². The van der Waals surface area contributed by atoms with E-state index >= 15 is 0 Å². The molecule has 2 aromatic rings. The van der Waals surface area contributed by atoms with Gasteiger partial charge in [-0.05, 0) is 166 Å². The predicted octanol–water partition coefficient (Wildman–Crippen LogP) is 8.31. The molecule has 0 amide bonds. The lowest BCUT2D eigenvalue weighted by atomic mass is 10.0. The van der Waals surface area contributed by atoms with Crippen LogP contribution in [0.2, 0.25) is 0 Å². The van der Waals surface area contributed by atoms with Crippen LogP contribution < -0.4 is 0 Å². The molecule has 2 N–H and O–H groups in total. The van der Waals surface area contributed by atoms with E-state index in [-0.39, 0.29) is 0 Å². The molecule has 246 valence electrons. The number of carbonyl (C=O) groups is 2. The third-order valence-corrected chi connectivity index (χ3v) is 8.85. The van der Waals surface area contributed by atoms with Crippen LogP contribution in [0.1, 0.15) is 114 Å². The minimum Gasteiger partial charge on any atom is -0.455 e. The number of allylic oxidation sites excluding steroid dienone is 2. The molecular formula is C38H50N4O4. The Kier molecular flexibility index (Phi) is 9.45. The first kappa shape index (κ1) is 34.7. The summed E-state index contributed by atoms with van der Waals surface area (Å²) in [4.78, 5) is 42.1. The molecule has 2 aliphatic rings. The van der Waals surface area contributed by atoms with E-state index < -0.39 is 23.1 Å². The quantitative estimate of drug-likeness (QED) is 0.301. The van der Waals surface area contributed by atoms with Crippen LogP contribution >= 0.6 is 0 Å². The molecule has 46 heavy (non-hydrogen) atoms. The SMILES string of the molecule is CC1=C(C)/C(=C\c2[nH]c(CCc3[nH]c(/C=C4/N=C(C(=O)OC(C)(C)C)C(C)=C4C)c(C)c3C)c(C)c2C)N=C1C(=O)OC(C)(C)C. The van der Waals surface area contributed by atoms with Gasteiger partial charge in [0.25, 0.3) is 0 Å². The van der Waals surface area contributed by atoms with Crippen LogP contribution in [-0.4, -0.2) is 44.5 Å². The highest BCUT2D eigenvalue weighted by Crippen LogP contribution is 2.32. The summed E-state index contributed by atoms with van der Waals surface area (Å²) >= 11 is 0. The van der Waals surface area contributed by atoms with Crippen LogP contribution in [0.5, 0.6) is 0 Å². The number of H-pyrrole nitrogens is 2. The highest BCUT2D eigenvalue weighted by Gasteiger charge is 2.29. The number of aromatic amines is 2. The van der Waals surface area contributed by atoms with Crippen LogP contribution in [0.3, 0.4) is 0 Å². The predicted molar refractivity (Wildman–Crippen MR) is 187 cm³/mol. The molecule has 0 saturated carbocycles. The van der Waals surface area contributed by atoms with E-state index in [1.807, 2.05) is 81.4 Å². The molecule has 0 fully saturated rings. The number of rotatable bonds is 7. The van der Waals surface area contributed by atoms with Crippen LogP contribution in [0.15, 0.2) is 43.7 Å². The monoisotopic (exact) mass is 626 g/mol. The van der Waals surface area contributed by atoms with Gasteiger partial charge in [-0.3, -0.25) is 0 Å². The summed E-state index contributed by atoms with van der Waals surface area (Å²) in [5.74, 6) is -0.798. The summed E-state index contributed by atoms with van der Waals surface area (Å²) in [7, 11) is 0. The van der Waals surface area contributed by atoms with E-state index in [2.05, 4.69) is 47.6 Å². The summed E-state index contributed by atoms with van der Waals surface area (Å²) < 4.78 is 11.2. The van der Waals surface area contributed by atoms with Crippen molar-refractivity contribution in [2.45, 2.75) is 121 Å². The minimum absolute atomic E-state index is 0.369. The van der Waals surface area contributed by atoms with Crippen molar-refractivity contribution >= 4 is 35.5 Å². The molecule has 0 bridgehead atoms. The van der Waals surface area contributed by atoms with Crippen molar-refractivity contribution in [3.05, 3.63) is 78.7 Å². The zero-order valence-corrected chi connectivity index (χ0v) is 30.1. The van der Waals surface area contributed by atoms with E-state index in [0.29, 0.717) is 11.4 Å². The van der Waals surface area contributed by atoms with Crippen molar-refractivity contribution in [2.75, 3.05) is 0 Å². The Hall–Kier alpha value is -4.20. The fourth-order valence-electron chi connectivity index (χ4n) is 5.52. The largest absolute Gasteiger partial charge is 0.455 e. The smallest absolute Gasteiger partial charge is 0.357 e. The molecule has 0 unspecified atom stereocenters. The molecule has 2 aromatic heterocycles. The highest BCUT2D eigenvalue weighted by atomic mass is 16.6. The fraction of sp³-hybridized carbons (Fsp3) is 0.474. The maximum atomic E-state index is 12.8. The van der Waals surface area contributed by atoms with E-state index in [9.17, 15) is 9.59 Å². The van der Waals surface area contributed by atoms with E-state index in [0.717, 1.165) is 69.0 Å². The molecule has 0 aromatic carbocycles. The molecule has 8 heteroatoms. The summed E-state index contributed by atoms with van der Waals surface area (Å²) in [6, 6.07) is 0. The van der Waals surface area contributed by atoms with Crippen LogP contribution in [0.25, 0.3) is 12.2 Å². The molecule has 4 heterocycles. The number of hydrogen-bond donors (Lipinski definition) is 2. The third-order valence-electron chi connectivity index (χ3n) is 8.85. The standard InChI is InChI=1S/C38H50N4O4/c1-19-21(3)29(17-31-23(5)25(7)33(41-31)35(43)45-37(9,10)11)39-27(19)15-16-28-20(2)22(4)30(40-28)18-32-24(6)26(8)34(42-32)36(44)46-38(12,13)14/h17-18,39-40H,15-16H2,1-14H3/b31-17+,32-18+. The van der Waals surface area contributed by atoms with Gasteiger partial charge >= 0.3 is 11.9 Å². The molecule has 2 aliphatic heterocycles. The molecule has 0 atom stereocenters. The normalized spacial score (nSPS) is 17.4. The molecule has 0 aliphatic carbocycles. The minimum atomic E-state index is -0.583. The highest BCUT2D eigenvalue weighted by molar-refractivity contribution is 6.45. The van der Waals surface area contributed by atoms with E-state index in [1.54, 1.807) is 0 Å². The Labute approximate surface area is 273 Å². The first-order chi connectivity index (χ1) is 21.2. The topological polar surface area (TPSA) is 109 Å². The second-order valence-corrected chi connectivity index (χ2v) is 14.5. The summed E-state index contributed by atoms with van der Waals surface area (Å²) in [5, 5.41) is 0. The van der Waals surface area contributed by atoms with Crippen molar-refractivity contribution in [1.29, 1.82) is 0 Å². The first-order valence-corrected chi connectivity index (χ1v) is 16.0. The number of nitrogens with one attached hydrogen (secondary N) is 2. The number of hydrogen-bond acceptors (Lipinski definition) is 6. The lowest BCUT2D eigenvalue weighted by Crippen LogP contribution is -2.28. The Bertz CT molecular complexity index is 1670. The van der Waals surface area contributed by atoms with Crippen LogP contribution in [0.4, 0.5) is 0 Å². The molecule has 0 spiro atoms. The van der Waals surface area contributed by atoms with Gasteiger partial charge in [-0.2, -0.15) is 0 Å². The van der Waals surface area contributed by atoms with Crippen molar-refractivity contribution in [3.8, 4) is 0 Å². The first-order valence-electron chi connectivity index (χ1n) is 16.0. The number of aliphatic imine (C=N–C) groups is 2. The number of nitrogens with zero attached hydrogens (tertiary/aromatic N) is 2. The number of aromatic nitrogens is 2. The lowest BCUT2D eigenvalue weighted by molar-refractivity contribution is -0.147. The number of esters is 2. The van der Waals surface area contributed by atoms with Gasteiger partial charge in [0, 0.05) is 22.8 Å². The Balaban J connectivity index is 1.55. The van der Waals surface area contributed by atoms with Gasteiger partial charge in [0.2, 0.25) is 0 Å². The Morgan fingerprint density at radius 2 is 0.891 bits per heavy atom. The number of carbonyl (C=O) groups excluding carboxylic acids is 2. The molecule has 8 nitrogen and oxygen atoms in total. The Morgan fingerprint density at radius 1 is 0.565 bits per heavy atom. The van der Waals surface area contributed by atoms with Crippen LogP contribution in [0, 0.1) is 27.7 Å². The van der Waals surface area contributed by atoms with Crippen molar-refractivity contribution in [3.63, 3.8) is 0 Å². The number of ether oxygens (including phenoxy) is 2. The number of aryl methyl sites for hydroxylation is 2. The van der Waals surface area contributed by atoms with Crippen molar-refractivity contribution in [2.24, 2.45) is 9.98 Å². The van der Waals surface area contributed by atoms with Crippen molar-refractivity contribution in [1.82, 2.24) is 9.97 Å². The van der Waals surface area contributed by atoms with E-state index in [1.165, 1.54) is 22.5 Å². The maximum Gasteiger partial charge on any atom is 0.357 e. The van der Waals surface area contributed by atoms with Gasteiger partial charge in [0.1, 0.15) is 11.2 Å². The second-order valence-electron chi connectivity index (χ2n) is 14.5. The average Bonchev–Trinajstić information content (AvgIpc) is 3.57. The summed E-state index contributed by atoms with van der Waals surface area (Å²) in [6.45, 7) is 27.5. The fourth-order valence-corrected chi connectivity index (χ4v) is 5.52. The van der Waals surface area contributed by atoms with Gasteiger partial charge in [-0.25, -0.2) is 19.6 Å². The van der Waals surface area contributed by atoms with Gasteiger partial charge in [-0.1, -0.05) is 0 Å². The van der Waals surface area contributed by atoms with Crippen LogP contribution in [-0.2, 0) is 31.9 Å². The molecule has 0 saturated heterocycles. The summed E-state index contributed by atoms with van der Waals surface area (Å²) in [5.41, 5.74) is 13.8. The second kappa shape index (κ2) is 12.5. The Morgan fingerprint density at radius 3 is 1.20 bits per heavy atom. The lowest BCUT2D eigenvalue weighted by Gasteiger charge is -2.19. The molecule has 0 radical (unpaired) electrons. The maximum absolute atomic E-state index is 12.8. The third kappa shape index (κ3) is 7.27. The molecule has 4 rings (SSSR count). The summed E-state index contributed by atoms with van der Waals surface area (Å²) in [6.07, 6.45) is 5.71. The van der Waals surface area contributed by atoms with Gasteiger partial charge < -0.3 is 19.4 Å². The van der Waals surface area contributed by atoms with Gasteiger partial charge in [0.05, 0.1) is 11.4 Å². The molecular weight excluding hydrogens is 576 g/mol. The van der Waals surface area contributed by atoms with Gasteiger partial charge in [-0.15, -0.1) is 0 Å². The zero-order valence-electron chi connectivity index (χ0n) is 30.1. The zero-order chi connectivity index (χ0) is 34.5. The van der Waals surface area contributed by atoms with Crippen molar-refractivity contribution < 1.29 is 19.1 Å².